The van der Waals surface area contributed by atoms with Gasteiger partial charge in [-0.25, -0.2) is 4.98 Å². The number of benzene rings is 1. The van der Waals surface area contributed by atoms with Crippen molar-refractivity contribution in [2.45, 2.75) is 38.1 Å². The number of thiazole rings is 1. The molecule has 1 aliphatic carbocycles. The van der Waals surface area contributed by atoms with Gasteiger partial charge in [0.1, 0.15) is 11.5 Å². The van der Waals surface area contributed by atoms with Crippen molar-refractivity contribution in [2.75, 3.05) is 34.8 Å². The van der Waals surface area contributed by atoms with E-state index in [4.69, 9.17) is 0 Å². The Kier molecular flexibility index (Phi) is 5.48. The van der Waals surface area contributed by atoms with Gasteiger partial charge in [-0.1, -0.05) is 53.9 Å². The molecule has 1 N–H and O–H groups in total. The molecular formula is C19H25N3OS2. The molecule has 1 aromatic carbocycles. The van der Waals surface area contributed by atoms with E-state index in [0.717, 1.165) is 29.7 Å². The fourth-order valence-electron chi connectivity index (χ4n) is 3.63. The quantitative estimate of drug-likeness (QED) is 0.817. The van der Waals surface area contributed by atoms with Crippen molar-refractivity contribution < 1.29 is 4.55 Å². The van der Waals surface area contributed by atoms with E-state index in [0.29, 0.717) is 6.04 Å². The number of rotatable bonds is 4. The first-order valence-corrected chi connectivity index (χ1v) is 11.5. The molecule has 1 saturated heterocycles. The molecule has 0 unspecified atom stereocenters. The molecule has 0 spiro atoms. The second-order valence-corrected chi connectivity index (χ2v) is 9.62. The molecule has 1 saturated carbocycles. The Morgan fingerprint density at radius 2 is 1.80 bits per heavy atom. The van der Waals surface area contributed by atoms with E-state index in [2.05, 4.69) is 39.5 Å². The number of aromatic nitrogens is 1. The lowest BCUT2D eigenvalue weighted by Crippen LogP contribution is -2.40. The minimum atomic E-state index is -0.625. The van der Waals surface area contributed by atoms with Crippen LogP contribution in [0.3, 0.4) is 0 Å². The largest absolute Gasteiger partial charge is 0.616 e. The van der Waals surface area contributed by atoms with Gasteiger partial charge in [0, 0.05) is 17.9 Å². The molecule has 6 heteroatoms. The van der Waals surface area contributed by atoms with Gasteiger partial charge in [-0.05, 0) is 30.5 Å². The maximum Gasteiger partial charge on any atom is 0.183 e. The molecule has 1 aromatic heterocycles. The highest BCUT2D eigenvalue weighted by Crippen LogP contribution is 2.32. The molecule has 0 amide bonds. The normalized spacial score (nSPS) is 20.0. The summed E-state index contributed by atoms with van der Waals surface area (Å²) in [6.45, 7) is 1.78. The van der Waals surface area contributed by atoms with Crippen LogP contribution in [0.5, 0.6) is 0 Å². The van der Waals surface area contributed by atoms with Crippen LogP contribution in [0.2, 0.25) is 0 Å². The van der Waals surface area contributed by atoms with Gasteiger partial charge < -0.3 is 14.8 Å². The third kappa shape index (κ3) is 4.30. The number of hydrogen-bond donors (Lipinski definition) is 1. The molecule has 25 heavy (non-hydrogen) atoms. The summed E-state index contributed by atoms with van der Waals surface area (Å²) in [5, 5.41) is 4.65. The van der Waals surface area contributed by atoms with Crippen LogP contribution in [0.4, 0.5) is 10.8 Å². The molecule has 0 radical (unpaired) electrons. The summed E-state index contributed by atoms with van der Waals surface area (Å²) >= 11 is 1.12. The summed E-state index contributed by atoms with van der Waals surface area (Å²) in [5.41, 5.74) is 2.45. The molecule has 4 rings (SSSR count). The molecule has 4 nitrogen and oxygen atoms in total. The van der Waals surface area contributed by atoms with Crippen LogP contribution in [0, 0.1) is 0 Å². The zero-order chi connectivity index (χ0) is 17.1. The first kappa shape index (κ1) is 17.2. The summed E-state index contributed by atoms with van der Waals surface area (Å²) in [5.74, 6) is 1.57. The highest BCUT2D eigenvalue weighted by atomic mass is 32.2. The monoisotopic (exact) mass is 375 g/mol. The van der Waals surface area contributed by atoms with Crippen LogP contribution in [0.15, 0.2) is 30.5 Å². The number of nitrogens with one attached hydrogen (secondary N) is 1. The predicted octanol–water partition coefficient (Wildman–Crippen LogP) is 4.12. The van der Waals surface area contributed by atoms with Crippen molar-refractivity contribution in [2.24, 2.45) is 0 Å². The Hall–Kier alpha value is -1.24. The van der Waals surface area contributed by atoms with E-state index in [9.17, 15) is 4.55 Å². The van der Waals surface area contributed by atoms with Crippen LogP contribution in [-0.2, 0) is 11.2 Å². The van der Waals surface area contributed by atoms with Crippen molar-refractivity contribution in [1.29, 1.82) is 0 Å². The molecular weight excluding hydrogens is 350 g/mol. The minimum Gasteiger partial charge on any atom is -0.616 e. The summed E-state index contributed by atoms with van der Waals surface area (Å²) < 4.78 is 11.5. The summed E-state index contributed by atoms with van der Waals surface area (Å²) in [6.07, 6.45) is 8.56. The average molecular weight is 376 g/mol. The van der Waals surface area contributed by atoms with Crippen molar-refractivity contribution in [3.8, 4) is 10.4 Å². The SMILES string of the molecule is [O-][S+]1CCN(c2ccc(-c3cnc(NC4CCCCC4)s3)cc2)CC1. The molecule has 1 aliphatic heterocycles. The maximum absolute atomic E-state index is 11.5. The van der Waals surface area contributed by atoms with Gasteiger partial charge in [0.2, 0.25) is 0 Å². The molecule has 2 aromatic rings. The fraction of sp³-hybridized carbons (Fsp3) is 0.526. The highest BCUT2D eigenvalue weighted by molar-refractivity contribution is 7.91. The van der Waals surface area contributed by atoms with E-state index in [-0.39, 0.29) is 0 Å². The topological polar surface area (TPSA) is 51.2 Å². The van der Waals surface area contributed by atoms with Crippen LogP contribution in [0.1, 0.15) is 32.1 Å². The zero-order valence-electron chi connectivity index (χ0n) is 14.4. The Morgan fingerprint density at radius 3 is 2.52 bits per heavy atom. The van der Waals surface area contributed by atoms with E-state index < -0.39 is 11.2 Å². The smallest absolute Gasteiger partial charge is 0.183 e. The Labute approximate surface area is 156 Å². The summed E-state index contributed by atoms with van der Waals surface area (Å²) in [7, 11) is 0. The van der Waals surface area contributed by atoms with Gasteiger partial charge in [-0.3, -0.25) is 0 Å². The standard InChI is InChI=1S/C19H25N3OS2/c23-25-12-10-22(11-13-25)17-8-6-15(7-9-17)18-14-20-19(24-18)21-16-4-2-1-3-5-16/h6-9,14,16H,1-5,10-13H2,(H,20,21). The minimum absolute atomic E-state index is 0.597. The van der Waals surface area contributed by atoms with E-state index in [1.165, 1.54) is 48.2 Å². The zero-order valence-corrected chi connectivity index (χ0v) is 16.1. The van der Waals surface area contributed by atoms with Crippen molar-refractivity contribution in [3.63, 3.8) is 0 Å². The lowest BCUT2D eigenvalue weighted by Gasteiger charge is -2.30. The average Bonchev–Trinajstić information content (AvgIpc) is 3.12. The Morgan fingerprint density at radius 1 is 1.08 bits per heavy atom. The number of anilines is 2. The van der Waals surface area contributed by atoms with Gasteiger partial charge in [0.15, 0.2) is 5.13 Å². The van der Waals surface area contributed by atoms with E-state index in [1.54, 1.807) is 11.3 Å². The summed E-state index contributed by atoms with van der Waals surface area (Å²) in [4.78, 5) is 8.11. The molecule has 134 valence electrons. The van der Waals surface area contributed by atoms with Crippen LogP contribution < -0.4 is 10.2 Å². The molecule has 0 bridgehead atoms. The Bertz CT molecular complexity index is 674. The van der Waals surface area contributed by atoms with Crippen molar-refractivity contribution in [1.82, 2.24) is 4.98 Å². The van der Waals surface area contributed by atoms with Gasteiger partial charge in [0.25, 0.3) is 0 Å². The maximum atomic E-state index is 11.5. The Balaban J connectivity index is 1.40. The lowest BCUT2D eigenvalue weighted by atomic mass is 9.96. The third-order valence-corrected chi connectivity index (χ3v) is 7.39. The van der Waals surface area contributed by atoms with Crippen LogP contribution in [-0.4, -0.2) is 40.2 Å². The number of nitrogens with zero attached hydrogens (tertiary/aromatic N) is 2. The molecule has 2 aliphatic rings. The van der Waals surface area contributed by atoms with Gasteiger partial charge in [-0.2, -0.15) is 0 Å². The van der Waals surface area contributed by atoms with Crippen LogP contribution in [0.25, 0.3) is 10.4 Å². The van der Waals surface area contributed by atoms with Gasteiger partial charge in [-0.15, -0.1) is 0 Å². The molecule has 0 atom stereocenters. The predicted molar refractivity (Wildman–Crippen MR) is 108 cm³/mol. The first-order chi connectivity index (χ1) is 12.3. The van der Waals surface area contributed by atoms with E-state index >= 15 is 0 Å². The van der Waals surface area contributed by atoms with Crippen molar-refractivity contribution >= 4 is 33.3 Å². The fourth-order valence-corrected chi connectivity index (χ4v) is 5.58. The summed E-state index contributed by atoms with van der Waals surface area (Å²) in [6, 6.07) is 9.31. The second kappa shape index (κ2) is 7.98. The van der Waals surface area contributed by atoms with Crippen LogP contribution >= 0.6 is 11.3 Å². The first-order valence-electron chi connectivity index (χ1n) is 9.21. The molecule has 2 heterocycles. The second-order valence-electron chi connectivity index (χ2n) is 6.89. The van der Waals surface area contributed by atoms with Crippen molar-refractivity contribution in [3.05, 3.63) is 30.5 Å². The van der Waals surface area contributed by atoms with E-state index in [1.807, 2.05) is 6.20 Å². The highest BCUT2D eigenvalue weighted by Gasteiger charge is 2.19. The van der Waals surface area contributed by atoms with Gasteiger partial charge in [0.05, 0.1) is 18.0 Å². The number of hydrogen-bond acceptors (Lipinski definition) is 5. The lowest BCUT2D eigenvalue weighted by molar-refractivity contribution is 0.462. The third-order valence-electron chi connectivity index (χ3n) is 5.13. The van der Waals surface area contributed by atoms with Gasteiger partial charge >= 0.3 is 0 Å². The molecule has 2 fully saturated rings.